The zero-order valence-corrected chi connectivity index (χ0v) is 16.3. The van der Waals surface area contributed by atoms with Crippen molar-refractivity contribution >= 4 is 17.6 Å². The van der Waals surface area contributed by atoms with Gasteiger partial charge in [0.05, 0.1) is 26.9 Å². The van der Waals surface area contributed by atoms with Crippen LogP contribution >= 0.6 is 0 Å². The standard InChI is InChI=1S/C21H28N2O5/c1-26-21(25)17-11-14-5-2-3-6-16(14)23(17)13-20(24)22-15-7-8-18-19(12-15)28-10-4-9-27-18/h7-8,12,14,16-17H,2-6,9-11,13H2,1H3,(H,22,24)/t14-,16-,17-/m0/s1. The Bertz CT molecular complexity index is 738. The molecule has 3 atom stereocenters. The van der Waals surface area contributed by atoms with Gasteiger partial charge in [0.2, 0.25) is 5.91 Å². The molecule has 2 fully saturated rings. The van der Waals surface area contributed by atoms with Crippen LogP contribution in [0.5, 0.6) is 11.5 Å². The first-order valence-corrected chi connectivity index (χ1v) is 10.2. The summed E-state index contributed by atoms with van der Waals surface area (Å²) in [5, 5.41) is 2.94. The number of nitrogens with zero attached hydrogens (tertiary/aromatic N) is 1. The number of likely N-dealkylation sites (tertiary alicyclic amines) is 1. The largest absolute Gasteiger partial charge is 0.490 e. The molecule has 4 rings (SSSR count). The van der Waals surface area contributed by atoms with Crippen LogP contribution in [-0.2, 0) is 14.3 Å². The van der Waals surface area contributed by atoms with Crippen LogP contribution in [-0.4, -0.2) is 55.7 Å². The van der Waals surface area contributed by atoms with Crippen LogP contribution in [0, 0.1) is 5.92 Å². The second kappa shape index (κ2) is 8.39. The van der Waals surface area contributed by atoms with E-state index in [0.717, 1.165) is 32.1 Å². The minimum absolute atomic E-state index is 0.130. The number of amides is 1. The summed E-state index contributed by atoms with van der Waals surface area (Å²) < 4.78 is 16.3. The van der Waals surface area contributed by atoms with Gasteiger partial charge in [0.15, 0.2) is 11.5 Å². The lowest BCUT2D eigenvalue weighted by Gasteiger charge is -2.32. The summed E-state index contributed by atoms with van der Waals surface area (Å²) in [4.78, 5) is 27.1. The molecule has 7 heteroatoms. The van der Waals surface area contributed by atoms with Gasteiger partial charge in [-0.05, 0) is 37.3 Å². The Balaban J connectivity index is 1.44. The molecule has 7 nitrogen and oxygen atoms in total. The molecule has 1 aromatic rings. The van der Waals surface area contributed by atoms with Crippen molar-refractivity contribution in [2.75, 3.05) is 32.2 Å². The van der Waals surface area contributed by atoms with Gasteiger partial charge in [0.1, 0.15) is 6.04 Å². The Morgan fingerprint density at radius 2 is 1.93 bits per heavy atom. The smallest absolute Gasteiger partial charge is 0.323 e. The van der Waals surface area contributed by atoms with Gasteiger partial charge in [0, 0.05) is 24.2 Å². The molecule has 0 unspecified atom stereocenters. The van der Waals surface area contributed by atoms with Gasteiger partial charge in [-0.25, -0.2) is 0 Å². The fraction of sp³-hybridized carbons (Fsp3) is 0.619. The van der Waals surface area contributed by atoms with Gasteiger partial charge < -0.3 is 19.5 Å². The molecule has 152 valence electrons. The molecule has 1 saturated heterocycles. The summed E-state index contributed by atoms with van der Waals surface area (Å²) in [5.74, 6) is 1.46. The molecule has 28 heavy (non-hydrogen) atoms. The monoisotopic (exact) mass is 388 g/mol. The van der Waals surface area contributed by atoms with Gasteiger partial charge >= 0.3 is 5.97 Å². The fourth-order valence-electron chi connectivity index (χ4n) is 4.76. The maximum atomic E-state index is 12.8. The van der Waals surface area contributed by atoms with Gasteiger partial charge in [-0.2, -0.15) is 0 Å². The molecule has 1 amide bonds. The molecule has 0 bridgehead atoms. The number of benzene rings is 1. The molecule has 3 aliphatic rings. The molecule has 1 aromatic carbocycles. The number of ether oxygens (including phenoxy) is 3. The van der Waals surface area contributed by atoms with Crippen LogP contribution in [0.15, 0.2) is 18.2 Å². The third-order valence-corrected chi connectivity index (χ3v) is 6.05. The van der Waals surface area contributed by atoms with Crippen molar-refractivity contribution in [3.8, 4) is 11.5 Å². The number of anilines is 1. The number of fused-ring (bicyclic) bond motifs is 2. The lowest BCUT2D eigenvalue weighted by atomic mass is 9.85. The van der Waals surface area contributed by atoms with Crippen molar-refractivity contribution < 1.29 is 23.8 Å². The van der Waals surface area contributed by atoms with E-state index in [0.29, 0.717) is 36.3 Å². The van der Waals surface area contributed by atoms with Gasteiger partial charge in [-0.15, -0.1) is 0 Å². The summed E-state index contributed by atoms with van der Waals surface area (Å²) >= 11 is 0. The fourth-order valence-corrected chi connectivity index (χ4v) is 4.76. The molecular formula is C21H28N2O5. The summed E-state index contributed by atoms with van der Waals surface area (Å²) in [6.45, 7) is 1.42. The van der Waals surface area contributed by atoms with Crippen molar-refractivity contribution in [1.82, 2.24) is 4.90 Å². The van der Waals surface area contributed by atoms with Crippen molar-refractivity contribution in [2.24, 2.45) is 5.92 Å². The first kappa shape index (κ1) is 19.1. The van der Waals surface area contributed by atoms with E-state index in [-0.39, 0.29) is 30.5 Å². The molecule has 0 radical (unpaired) electrons. The number of hydrogen-bond donors (Lipinski definition) is 1. The zero-order chi connectivity index (χ0) is 19.5. The minimum Gasteiger partial charge on any atom is -0.490 e. The van der Waals surface area contributed by atoms with Crippen LogP contribution in [0.3, 0.4) is 0 Å². The van der Waals surface area contributed by atoms with Gasteiger partial charge in [0.25, 0.3) is 0 Å². The van der Waals surface area contributed by atoms with E-state index in [4.69, 9.17) is 14.2 Å². The summed E-state index contributed by atoms with van der Waals surface area (Å²) in [6.07, 6.45) is 6.13. The van der Waals surface area contributed by atoms with E-state index in [1.165, 1.54) is 13.5 Å². The Morgan fingerprint density at radius 3 is 2.75 bits per heavy atom. The third kappa shape index (κ3) is 3.94. The summed E-state index contributed by atoms with van der Waals surface area (Å²) in [6, 6.07) is 5.39. The van der Waals surface area contributed by atoms with Crippen LogP contribution in [0.4, 0.5) is 5.69 Å². The van der Waals surface area contributed by atoms with E-state index >= 15 is 0 Å². The number of nitrogens with one attached hydrogen (secondary N) is 1. The highest BCUT2D eigenvalue weighted by Gasteiger charge is 2.46. The molecule has 2 heterocycles. The van der Waals surface area contributed by atoms with Gasteiger partial charge in [-0.1, -0.05) is 12.8 Å². The van der Waals surface area contributed by atoms with Crippen molar-refractivity contribution in [3.63, 3.8) is 0 Å². The Kier molecular flexibility index (Phi) is 5.71. The van der Waals surface area contributed by atoms with Crippen LogP contribution in [0.2, 0.25) is 0 Å². The molecule has 2 aliphatic heterocycles. The average molecular weight is 388 g/mol. The third-order valence-electron chi connectivity index (χ3n) is 6.05. The van der Waals surface area contributed by atoms with E-state index in [2.05, 4.69) is 5.32 Å². The lowest BCUT2D eigenvalue weighted by Crippen LogP contribution is -2.46. The number of esters is 1. The lowest BCUT2D eigenvalue weighted by molar-refractivity contribution is -0.146. The number of hydrogen-bond acceptors (Lipinski definition) is 6. The van der Waals surface area contributed by atoms with Crippen molar-refractivity contribution in [3.05, 3.63) is 18.2 Å². The second-order valence-electron chi connectivity index (χ2n) is 7.82. The normalized spacial score (nSPS) is 26.8. The number of carbonyl (C=O) groups is 2. The van der Waals surface area contributed by atoms with E-state index in [1.54, 1.807) is 6.07 Å². The highest BCUT2D eigenvalue weighted by Crippen LogP contribution is 2.40. The predicted octanol–water partition coefficient (Wildman–Crippen LogP) is 2.59. The number of rotatable bonds is 4. The Hall–Kier alpha value is -2.28. The first-order valence-electron chi connectivity index (χ1n) is 10.2. The number of methoxy groups -OCH3 is 1. The van der Waals surface area contributed by atoms with E-state index in [9.17, 15) is 9.59 Å². The molecule has 1 aliphatic carbocycles. The Morgan fingerprint density at radius 1 is 1.14 bits per heavy atom. The molecule has 0 spiro atoms. The van der Waals surface area contributed by atoms with Crippen molar-refractivity contribution in [2.45, 2.75) is 50.6 Å². The van der Waals surface area contributed by atoms with Crippen LogP contribution in [0.25, 0.3) is 0 Å². The minimum atomic E-state index is -0.326. The second-order valence-corrected chi connectivity index (χ2v) is 7.82. The molecule has 0 aromatic heterocycles. The SMILES string of the molecule is COC(=O)[C@@H]1C[C@@H]2CCCC[C@@H]2N1CC(=O)Nc1ccc2c(c1)OCCCO2. The van der Waals surface area contributed by atoms with Crippen molar-refractivity contribution in [1.29, 1.82) is 0 Å². The van der Waals surface area contributed by atoms with Crippen LogP contribution in [0.1, 0.15) is 38.5 Å². The average Bonchev–Trinajstić information content (AvgIpc) is 2.90. The van der Waals surface area contributed by atoms with Crippen LogP contribution < -0.4 is 14.8 Å². The molecule has 1 saturated carbocycles. The van der Waals surface area contributed by atoms with E-state index in [1.807, 2.05) is 17.0 Å². The summed E-state index contributed by atoms with van der Waals surface area (Å²) in [7, 11) is 1.42. The molecule has 1 N–H and O–H groups in total. The van der Waals surface area contributed by atoms with Gasteiger partial charge in [-0.3, -0.25) is 14.5 Å². The predicted molar refractivity (Wildman–Crippen MR) is 104 cm³/mol. The highest BCUT2D eigenvalue weighted by atomic mass is 16.5. The Labute approximate surface area is 165 Å². The quantitative estimate of drug-likeness (QED) is 0.799. The number of carbonyl (C=O) groups excluding carboxylic acids is 2. The maximum Gasteiger partial charge on any atom is 0.323 e. The first-order chi connectivity index (χ1) is 13.7. The highest BCUT2D eigenvalue weighted by molar-refractivity contribution is 5.93. The zero-order valence-electron chi connectivity index (χ0n) is 16.3. The summed E-state index contributed by atoms with van der Waals surface area (Å²) in [5.41, 5.74) is 0.670. The van der Waals surface area contributed by atoms with E-state index < -0.39 is 0 Å². The maximum absolute atomic E-state index is 12.8. The molecular weight excluding hydrogens is 360 g/mol. The topological polar surface area (TPSA) is 77.1 Å².